The quantitative estimate of drug-likeness (QED) is 0.694. The van der Waals surface area contributed by atoms with E-state index in [2.05, 4.69) is 6.58 Å². The molecular formula is C22H25F3O2. The van der Waals surface area contributed by atoms with Gasteiger partial charge in [0, 0.05) is 0 Å². The first-order valence-electron chi connectivity index (χ1n) is 9.18. The van der Waals surface area contributed by atoms with Gasteiger partial charge in [-0.25, -0.2) is 0 Å². The van der Waals surface area contributed by atoms with Gasteiger partial charge < -0.3 is 9.84 Å². The molecule has 0 bridgehead atoms. The lowest BCUT2D eigenvalue weighted by Crippen LogP contribution is -2.48. The minimum Gasteiger partial charge on any atom is -0.379 e. The maximum absolute atomic E-state index is 13.1. The number of benzene rings is 2. The molecule has 1 aliphatic carbocycles. The van der Waals surface area contributed by atoms with Crippen LogP contribution in [0.2, 0.25) is 0 Å². The van der Waals surface area contributed by atoms with Gasteiger partial charge in [0.15, 0.2) is 5.60 Å². The minimum absolute atomic E-state index is 0.641. The maximum Gasteiger partial charge on any atom is 0.419 e. The molecule has 0 aromatic heterocycles. The van der Waals surface area contributed by atoms with Gasteiger partial charge in [-0.2, -0.15) is 13.2 Å². The molecule has 0 aliphatic heterocycles. The maximum atomic E-state index is 13.1. The molecule has 1 N–H and O–H groups in total. The molecular weight excluding hydrogens is 353 g/mol. The van der Waals surface area contributed by atoms with Gasteiger partial charge in [-0.1, -0.05) is 55.3 Å². The molecule has 146 valence electrons. The normalized spacial score (nSPS) is 19.2. The standard InChI is InChI=1S/C22H25F3O2/c1-15(2)16-9-10-18-17(13-16)7-6-8-19(18)21(11-4-5-12-21)27-14-20(3,26)22(23,24)25/h6-10,13,26H,1,4-5,11-12,14H2,2-3H3. The van der Waals surface area contributed by atoms with Crippen molar-refractivity contribution in [1.82, 2.24) is 0 Å². The first-order valence-corrected chi connectivity index (χ1v) is 9.18. The summed E-state index contributed by atoms with van der Waals surface area (Å²) in [6, 6.07) is 11.8. The van der Waals surface area contributed by atoms with Crippen molar-refractivity contribution in [3.8, 4) is 0 Å². The number of hydrogen-bond donors (Lipinski definition) is 1. The molecule has 2 aromatic carbocycles. The van der Waals surface area contributed by atoms with Gasteiger partial charge in [0.1, 0.15) is 0 Å². The van der Waals surface area contributed by atoms with Crippen LogP contribution in [0.15, 0.2) is 43.0 Å². The van der Waals surface area contributed by atoms with Crippen LogP contribution in [0.25, 0.3) is 16.3 Å². The third-order valence-corrected chi connectivity index (χ3v) is 5.52. The van der Waals surface area contributed by atoms with Crippen molar-refractivity contribution in [3.05, 3.63) is 54.1 Å². The second kappa shape index (κ2) is 6.95. The fraction of sp³-hybridized carbons (Fsp3) is 0.455. The number of hydrogen-bond acceptors (Lipinski definition) is 2. The summed E-state index contributed by atoms with van der Waals surface area (Å²) in [5.41, 5.74) is -0.806. The van der Waals surface area contributed by atoms with Crippen LogP contribution < -0.4 is 0 Å². The number of rotatable bonds is 5. The molecule has 1 atom stereocenters. The van der Waals surface area contributed by atoms with Crippen molar-refractivity contribution >= 4 is 16.3 Å². The molecule has 2 aromatic rings. The predicted octanol–water partition coefficient (Wildman–Crippen LogP) is 5.97. The fourth-order valence-electron chi connectivity index (χ4n) is 3.74. The summed E-state index contributed by atoms with van der Waals surface area (Å²) in [5, 5.41) is 11.8. The van der Waals surface area contributed by atoms with Crippen LogP contribution in [0.5, 0.6) is 0 Å². The van der Waals surface area contributed by atoms with Gasteiger partial charge in [0.25, 0.3) is 0 Å². The van der Waals surface area contributed by atoms with Crippen LogP contribution in [0.1, 0.15) is 50.7 Å². The van der Waals surface area contributed by atoms with E-state index in [0.29, 0.717) is 12.8 Å². The van der Waals surface area contributed by atoms with E-state index < -0.39 is 24.0 Å². The van der Waals surface area contributed by atoms with Gasteiger partial charge in [-0.3, -0.25) is 0 Å². The molecule has 1 saturated carbocycles. The summed E-state index contributed by atoms with van der Waals surface area (Å²) in [7, 11) is 0. The molecule has 0 radical (unpaired) electrons. The first kappa shape index (κ1) is 19.9. The highest BCUT2D eigenvalue weighted by atomic mass is 19.4. The topological polar surface area (TPSA) is 29.5 Å². The Labute approximate surface area is 157 Å². The molecule has 0 amide bonds. The summed E-state index contributed by atoms with van der Waals surface area (Å²) < 4.78 is 45.1. The second-order valence-corrected chi connectivity index (χ2v) is 7.78. The van der Waals surface area contributed by atoms with Crippen molar-refractivity contribution in [3.63, 3.8) is 0 Å². The van der Waals surface area contributed by atoms with Gasteiger partial charge >= 0.3 is 6.18 Å². The summed E-state index contributed by atoms with van der Waals surface area (Å²) in [6.45, 7) is 5.88. The Kier molecular flexibility index (Phi) is 5.12. The molecule has 1 unspecified atom stereocenters. The molecule has 5 heteroatoms. The van der Waals surface area contributed by atoms with Crippen LogP contribution in [0.3, 0.4) is 0 Å². The van der Waals surface area contributed by atoms with Crippen LogP contribution in [-0.2, 0) is 10.3 Å². The van der Waals surface area contributed by atoms with Crippen molar-refractivity contribution in [2.75, 3.05) is 6.61 Å². The van der Waals surface area contributed by atoms with Gasteiger partial charge in [0.2, 0.25) is 0 Å². The van der Waals surface area contributed by atoms with Gasteiger partial charge in [-0.05, 0) is 54.7 Å². The Bertz CT molecular complexity index is 846. The Balaban J connectivity index is 2.01. The first-order chi connectivity index (χ1) is 12.6. The third kappa shape index (κ3) is 3.76. The molecule has 27 heavy (non-hydrogen) atoms. The molecule has 2 nitrogen and oxygen atoms in total. The van der Waals surface area contributed by atoms with Crippen molar-refractivity contribution in [1.29, 1.82) is 0 Å². The number of halogens is 3. The van der Waals surface area contributed by atoms with E-state index in [4.69, 9.17) is 4.74 Å². The average Bonchev–Trinajstić information content (AvgIpc) is 3.08. The molecule has 0 spiro atoms. The Morgan fingerprint density at radius 3 is 2.44 bits per heavy atom. The van der Waals surface area contributed by atoms with E-state index in [9.17, 15) is 18.3 Å². The Hall–Kier alpha value is -1.85. The minimum atomic E-state index is -4.73. The number of allylic oxidation sites excluding steroid dienone is 1. The zero-order valence-corrected chi connectivity index (χ0v) is 15.7. The van der Waals surface area contributed by atoms with E-state index in [-0.39, 0.29) is 0 Å². The number of alkyl halides is 3. The molecule has 3 rings (SSSR count). The molecule has 1 aliphatic rings. The monoisotopic (exact) mass is 378 g/mol. The lowest BCUT2D eigenvalue weighted by atomic mass is 9.86. The second-order valence-electron chi connectivity index (χ2n) is 7.78. The predicted molar refractivity (Wildman–Crippen MR) is 101 cm³/mol. The van der Waals surface area contributed by atoms with Crippen LogP contribution in [0, 0.1) is 0 Å². The van der Waals surface area contributed by atoms with Gasteiger partial charge in [-0.15, -0.1) is 0 Å². The van der Waals surface area contributed by atoms with E-state index in [1.54, 1.807) is 0 Å². The van der Waals surface area contributed by atoms with Crippen molar-refractivity contribution < 1.29 is 23.0 Å². The summed E-state index contributed by atoms with van der Waals surface area (Å²) >= 11 is 0. The summed E-state index contributed by atoms with van der Waals surface area (Å²) in [4.78, 5) is 0. The average molecular weight is 378 g/mol. The van der Waals surface area contributed by atoms with Gasteiger partial charge in [0.05, 0.1) is 12.2 Å². The van der Waals surface area contributed by atoms with Crippen molar-refractivity contribution in [2.45, 2.75) is 56.9 Å². The summed E-state index contributed by atoms with van der Waals surface area (Å²) in [6.07, 6.45) is -1.69. The lowest BCUT2D eigenvalue weighted by molar-refractivity contribution is -0.277. The van der Waals surface area contributed by atoms with Crippen LogP contribution in [-0.4, -0.2) is 23.5 Å². The highest BCUT2D eigenvalue weighted by molar-refractivity contribution is 5.89. The largest absolute Gasteiger partial charge is 0.419 e. The zero-order chi connectivity index (χ0) is 19.9. The SMILES string of the molecule is C=C(C)c1ccc2c(C3(OCC(C)(O)C(F)(F)F)CCCC3)cccc2c1. The number of aliphatic hydroxyl groups is 1. The fourth-order valence-corrected chi connectivity index (χ4v) is 3.74. The van der Waals surface area contributed by atoms with Crippen LogP contribution >= 0.6 is 0 Å². The van der Waals surface area contributed by atoms with E-state index in [1.807, 2.05) is 43.3 Å². The smallest absolute Gasteiger partial charge is 0.379 e. The molecule has 1 fully saturated rings. The third-order valence-electron chi connectivity index (χ3n) is 5.52. The summed E-state index contributed by atoms with van der Waals surface area (Å²) in [5.74, 6) is 0. The van der Waals surface area contributed by atoms with Crippen LogP contribution in [0.4, 0.5) is 13.2 Å². The highest BCUT2D eigenvalue weighted by Gasteiger charge is 2.52. The number of fused-ring (bicyclic) bond motifs is 1. The molecule has 0 heterocycles. The highest BCUT2D eigenvalue weighted by Crippen LogP contribution is 2.46. The van der Waals surface area contributed by atoms with Crippen molar-refractivity contribution in [2.24, 2.45) is 0 Å². The Morgan fingerprint density at radius 1 is 1.19 bits per heavy atom. The van der Waals surface area contributed by atoms with E-state index >= 15 is 0 Å². The lowest BCUT2D eigenvalue weighted by Gasteiger charge is -2.35. The zero-order valence-electron chi connectivity index (χ0n) is 15.7. The Morgan fingerprint density at radius 2 is 1.85 bits per heavy atom. The van der Waals surface area contributed by atoms with E-state index in [0.717, 1.165) is 47.2 Å². The number of ether oxygens (including phenoxy) is 1. The molecule has 0 saturated heterocycles. The van der Waals surface area contributed by atoms with E-state index in [1.165, 1.54) is 0 Å².